The van der Waals surface area contributed by atoms with Crippen molar-refractivity contribution in [3.8, 4) is 0 Å². The number of carbonyl (C=O) groups is 1. The maximum Gasteiger partial charge on any atom is 0.270 e. The average molecular weight is 351 g/mol. The molecule has 0 aromatic carbocycles. The first kappa shape index (κ1) is 17.2. The Bertz CT molecular complexity index is 682. The van der Waals surface area contributed by atoms with E-state index in [1.54, 1.807) is 12.3 Å². The van der Waals surface area contributed by atoms with Crippen LogP contribution >= 0.6 is 0 Å². The summed E-state index contributed by atoms with van der Waals surface area (Å²) in [6, 6.07) is 3.87. The number of sulfone groups is 1. The van der Waals surface area contributed by atoms with Crippen LogP contribution in [0.25, 0.3) is 0 Å². The van der Waals surface area contributed by atoms with Crippen molar-refractivity contribution in [3.63, 3.8) is 0 Å². The van der Waals surface area contributed by atoms with Crippen LogP contribution in [0.4, 0.5) is 5.69 Å². The zero-order valence-corrected chi connectivity index (χ0v) is 14.9. The largest absolute Gasteiger partial charge is 0.367 e. The molecule has 3 rings (SSSR count). The number of rotatable bonds is 5. The van der Waals surface area contributed by atoms with Crippen LogP contribution in [0.15, 0.2) is 18.3 Å². The van der Waals surface area contributed by atoms with Gasteiger partial charge in [-0.15, -0.1) is 0 Å². The zero-order valence-electron chi connectivity index (χ0n) is 14.1. The van der Waals surface area contributed by atoms with Crippen LogP contribution in [-0.4, -0.2) is 49.4 Å². The molecule has 1 aromatic heterocycles. The Kier molecular flexibility index (Phi) is 5.08. The number of anilines is 1. The molecule has 24 heavy (non-hydrogen) atoms. The van der Waals surface area contributed by atoms with Gasteiger partial charge in [0.1, 0.15) is 5.69 Å². The quantitative estimate of drug-likeness (QED) is 0.874. The van der Waals surface area contributed by atoms with Crippen LogP contribution in [0, 0.1) is 0 Å². The van der Waals surface area contributed by atoms with Gasteiger partial charge < -0.3 is 10.2 Å². The maximum atomic E-state index is 12.2. The fourth-order valence-electron chi connectivity index (χ4n) is 3.69. The summed E-state index contributed by atoms with van der Waals surface area (Å²) >= 11 is 0. The van der Waals surface area contributed by atoms with Gasteiger partial charge in [0, 0.05) is 18.6 Å². The smallest absolute Gasteiger partial charge is 0.270 e. The van der Waals surface area contributed by atoms with Crippen LogP contribution in [0.5, 0.6) is 0 Å². The number of pyridine rings is 1. The number of nitrogens with one attached hydrogen (secondary N) is 1. The molecule has 0 radical (unpaired) electrons. The summed E-state index contributed by atoms with van der Waals surface area (Å²) < 4.78 is 23.4. The highest BCUT2D eigenvalue weighted by molar-refractivity contribution is 7.91. The molecular formula is C17H25N3O3S. The van der Waals surface area contributed by atoms with Crippen LogP contribution in [-0.2, 0) is 9.84 Å². The van der Waals surface area contributed by atoms with Gasteiger partial charge >= 0.3 is 0 Å². The van der Waals surface area contributed by atoms with Gasteiger partial charge in [-0.25, -0.2) is 13.4 Å². The van der Waals surface area contributed by atoms with E-state index >= 15 is 0 Å². The Hall–Kier alpha value is -1.63. The average Bonchev–Trinajstić information content (AvgIpc) is 3.18. The highest BCUT2D eigenvalue weighted by atomic mass is 32.2. The van der Waals surface area contributed by atoms with Gasteiger partial charge in [0.15, 0.2) is 9.84 Å². The normalized spacial score (nSPS) is 23.3. The van der Waals surface area contributed by atoms with Gasteiger partial charge in [0.2, 0.25) is 0 Å². The third kappa shape index (κ3) is 3.88. The SMILES string of the molecule is CCN(c1ccc(C(=O)NC2CCCC2)nc1)C1CCS(=O)(=O)C1. The molecule has 1 atom stereocenters. The molecule has 0 spiro atoms. The molecule has 132 valence electrons. The highest BCUT2D eigenvalue weighted by Crippen LogP contribution is 2.24. The van der Waals surface area contributed by atoms with Crippen molar-refractivity contribution in [1.82, 2.24) is 10.3 Å². The summed E-state index contributed by atoms with van der Waals surface area (Å²) in [5, 5.41) is 3.03. The van der Waals surface area contributed by atoms with E-state index in [4.69, 9.17) is 0 Å². The minimum absolute atomic E-state index is 0.0000321. The van der Waals surface area contributed by atoms with Crippen molar-refractivity contribution in [3.05, 3.63) is 24.0 Å². The summed E-state index contributed by atoms with van der Waals surface area (Å²) in [5.74, 6) is 0.328. The fourth-order valence-corrected chi connectivity index (χ4v) is 5.42. The molecule has 2 heterocycles. The Morgan fingerprint density at radius 1 is 1.29 bits per heavy atom. The van der Waals surface area contributed by atoms with Crippen LogP contribution < -0.4 is 10.2 Å². The van der Waals surface area contributed by atoms with E-state index < -0.39 is 9.84 Å². The molecule has 0 bridgehead atoms. The van der Waals surface area contributed by atoms with E-state index in [0.717, 1.165) is 25.1 Å². The Labute approximate surface area is 143 Å². The predicted molar refractivity (Wildman–Crippen MR) is 94.0 cm³/mol. The molecule has 1 saturated heterocycles. The predicted octanol–water partition coefficient (Wildman–Crippen LogP) is 1.77. The molecule has 1 aliphatic carbocycles. The maximum absolute atomic E-state index is 12.2. The second-order valence-electron chi connectivity index (χ2n) is 6.70. The molecule has 1 aromatic rings. The van der Waals surface area contributed by atoms with E-state index in [-0.39, 0.29) is 29.5 Å². The number of hydrogen-bond acceptors (Lipinski definition) is 5. The lowest BCUT2D eigenvalue weighted by Crippen LogP contribution is -2.36. The lowest BCUT2D eigenvalue weighted by molar-refractivity contribution is 0.0933. The molecule has 1 saturated carbocycles. The van der Waals surface area contributed by atoms with Crippen molar-refractivity contribution in [2.24, 2.45) is 0 Å². The highest BCUT2D eigenvalue weighted by Gasteiger charge is 2.32. The van der Waals surface area contributed by atoms with Gasteiger partial charge in [-0.3, -0.25) is 4.79 Å². The molecule has 7 heteroatoms. The van der Waals surface area contributed by atoms with Gasteiger partial charge in [0.25, 0.3) is 5.91 Å². The van der Waals surface area contributed by atoms with Crippen molar-refractivity contribution >= 4 is 21.4 Å². The van der Waals surface area contributed by atoms with E-state index in [1.165, 1.54) is 12.8 Å². The van der Waals surface area contributed by atoms with Crippen molar-refractivity contribution in [1.29, 1.82) is 0 Å². The molecule has 1 N–H and O–H groups in total. The molecule has 6 nitrogen and oxygen atoms in total. The number of nitrogens with zero attached hydrogens (tertiary/aromatic N) is 2. The summed E-state index contributed by atoms with van der Waals surface area (Å²) in [4.78, 5) is 18.6. The second-order valence-corrected chi connectivity index (χ2v) is 8.93. The Balaban J connectivity index is 1.67. The second kappa shape index (κ2) is 7.09. The molecular weight excluding hydrogens is 326 g/mol. The molecule has 1 aliphatic heterocycles. The summed E-state index contributed by atoms with van der Waals surface area (Å²) in [6.07, 6.45) is 6.77. The Morgan fingerprint density at radius 3 is 2.58 bits per heavy atom. The first-order valence-corrected chi connectivity index (χ1v) is 10.5. The molecule has 2 fully saturated rings. The fraction of sp³-hybridized carbons (Fsp3) is 0.647. The topological polar surface area (TPSA) is 79.4 Å². The summed E-state index contributed by atoms with van der Waals surface area (Å²) in [6.45, 7) is 2.72. The van der Waals surface area contributed by atoms with Crippen LogP contribution in [0.3, 0.4) is 0 Å². The van der Waals surface area contributed by atoms with Gasteiger partial charge in [-0.1, -0.05) is 12.8 Å². The number of aromatic nitrogens is 1. The Morgan fingerprint density at radius 2 is 2.04 bits per heavy atom. The van der Waals surface area contributed by atoms with Gasteiger partial charge in [0.05, 0.1) is 23.4 Å². The van der Waals surface area contributed by atoms with Crippen LogP contribution in [0.2, 0.25) is 0 Å². The zero-order chi connectivity index (χ0) is 17.2. The number of hydrogen-bond donors (Lipinski definition) is 1. The van der Waals surface area contributed by atoms with Gasteiger partial charge in [-0.2, -0.15) is 0 Å². The summed E-state index contributed by atoms with van der Waals surface area (Å²) in [5.41, 5.74) is 1.29. The van der Waals surface area contributed by atoms with Crippen molar-refractivity contribution in [2.45, 2.75) is 51.1 Å². The van der Waals surface area contributed by atoms with E-state index in [0.29, 0.717) is 12.1 Å². The van der Waals surface area contributed by atoms with E-state index in [1.807, 2.05) is 13.0 Å². The van der Waals surface area contributed by atoms with Crippen molar-refractivity contribution in [2.75, 3.05) is 23.0 Å². The number of amides is 1. The monoisotopic (exact) mass is 351 g/mol. The lowest BCUT2D eigenvalue weighted by atomic mass is 10.2. The molecule has 1 amide bonds. The first-order chi connectivity index (χ1) is 11.5. The van der Waals surface area contributed by atoms with Crippen molar-refractivity contribution < 1.29 is 13.2 Å². The minimum Gasteiger partial charge on any atom is -0.367 e. The number of carbonyl (C=O) groups excluding carboxylic acids is 1. The third-order valence-electron chi connectivity index (χ3n) is 4.99. The van der Waals surface area contributed by atoms with E-state index in [2.05, 4.69) is 15.2 Å². The first-order valence-electron chi connectivity index (χ1n) is 8.72. The lowest BCUT2D eigenvalue weighted by Gasteiger charge is -2.28. The molecule has 1 unspecified atom stereocenters. The minimum atomic E-state index is -2.92. The summed E-state index contributed by atoms with van der Waals surface area (Å²) in [7, 11) is -2.92. The third-order valence-corrected chi connectivity index (χ3v) is 6.74. The standard InChI is InChI=1S/C17H25N3O3S/c1-2-20(15-9-10-24(22,23)12-15)14-7-8-16(18-11-14)17(21)19-13-5-3-4-6-13/h7-8,11,13,15H,2-6,9-10,12H2,1H3,(H,19,21). The van der Waals surface area contributed by atoms with E-state index in [9.17, 15) is 13.2 Å². The van der Waals surface area contributed by atoms with Gasteiger partial charge in [-0.05, 0) is 38.3 Å². The molecule has 2 aliphatic rings. The van der Waals surface area contributed by atoms with Crippen LogP contribution in [0.1, 0.15) is 49.5 Å².